The van der Waals surface area contributed by atoms with Gasteiger partial charge in [-0.15, -0.1) is 11.3 Å². The van der Waals surface area contributed by atoms with Gasteiger partial charge in [0.15, 0.2) is 5.13 Å². The summed E-state index contributed by atoms with van der Waals surface area (Å²) in [5.74, 6) is -1.16. The summed E-state index contributed by atoms with van der Waals surface area (Å²) in [7, 11) is 1.42. The van der Waals surface area contributed by atoms with Crippen LogP contribution >= 0.6 is 11.3 Å². The smallest absolute Gasteiger partial charge is 0.275 e. The molecule has 8 heteroatoms. The van der Waals surface area contributed by atoms with Crippen LogP contribution in [0.25, 0.3) is 0 Å². The van der Waals surface area contributed by atoms with Crippen LogP contribution in [0.15, 0.2) is 23.6 Å². The SMILES string of the molecule is CN1C(=O)c2ccc(NC(=O)c3csc(N)n3)cc2C1=O. The molecule has 1 aromatic carbocycles. The second-order valence-corrected chi connectivity index (χ2v) is 5.34. The van der Waals surface area contributed by atoms with E-state index in [2.05, 4.69) is 10.3 Å². The average molecular weight is 302 g/mol. The van der Waals surface area contributed by atoms with Crippen molar-refractivity contribution in [2.45, 2.75) is 0 Å². The summed E-state index contributed by atoms with van der Waals surface area (Å²) in [5, 5.41) is 4.46. The molecule has 1 aromatic heterocycles. The molecule has 7 nitrogen and oxygen atoms in total. The average Bonchev–Trinajstić information content (AvgIpc) is 2.98. The van der Waals surface area contributed by atoms with E-state index in [0.717, 1.165) is 16.2 Å². The lowest BCUT2D eigenvalue weighted by Crippen LogP contribution is -2.24. The minimum atomic E-state index is -0.423. The van der Waals surface area contributed by atoms with Crippen molar-refractivity contribution in [3.05, 3.63) is 40.4 Å². The van der Waals surface area contributed by atoms with Gasteiger partial charge in [-0.1, -0.05) is 0 Å². The topological polar surface area (TPSA) is 105 Å². The molecule has 0 radical (unpaired) electrons. The molecule has 1 aliphatic rings. The first-order valence-corrected chi connectivity index (χ1v) is 6.84. The van der Waals surface area contributed by atoms with Gasteiger partial charge in [-0.2, -0.15) is 0 Å². The molecule has 3 amide bonds. The zero-order chi connectivity index (χ0) is 15.1. The third-order valence-corrected chi connectivity index (χ3v) is 3.78. The first kappa shape index (κ1) is 13.3. The standard InChI is InChI=1S/C13H10N4O3S/c1-17-11(19)7-3-2-6(4-8(7)12(17)20)15-10(18)9-5-21-13(14)16-9/h2-5H,1H3,(H2,14,16)(H,15,18). The van der Waals surface area contributed by atoms with Crippen LogP contribution in [0, 0.1) is 0 Å². The van der Waals surface area contributed by atoms with E-state index >= 15 is 0 Å². The highest BCUT2D eigenvalue weighted by Gasteiger charge is 2.32. The summed E-state index contributed by atoms with van der Waals surface area (Å²) in [5.41, 5.74) is 6.70. The number of imide groups is 1. The number of hydrogen-bond acceptors (Lipinski definition) is 6. The van der Waals surface area contributed by atoms with E-state index < -0.39 is 5.91 Å². The number of nitrogens with one attached hydrogen (secondary N) is 1. The molecule has 0 atom stereocenters. The van der Waals surface area contributed by atoms with Crippen molar-refractivity contribution in [1.82, 2.24) is 9.88 Å². The van der Waals surface area contributed by atoms with E-state index in [1.807, 2.05) is 0 Å². The van der Waals surface area contributed by atoms with Crippen molar-refractivity contribution in [3.63, 3.8) is 0 Å². The highest BCUT2D eigenvalue weighted by Crippen LogP contribution is 2.25. The zero-order valence-electron chi connectivity index (χ0n) is 10.9. The van der Waals surface area contributed by atoms with Crippen molar-refractivity contribution in [2.75, 3.05) is 18.1 Å². The normalized spacial score (nSPS) is 13.5. The predicted molar refractivity (Wildman–Crippen MR) is 77.3 cm³/mol. The van der Waals surface area contributed by atoms with Crippen LogP contribution in [0.4, 0.5) is 10.8 Å². The molecule has 2 aromatic rings. The Morgan fingerprint density at radius 2 is 2.00 bits per heavy atom. The Bertz CT molecular complexity index is 783. The van der Waals surface area contributed by atoms with Crippen LogP contribution in [0.5, 0.6) is 0 Å². The van der Waals surface area contributed by atoms with Gasteiger partial charge in [0.1, 0.15) is 5.69 Å². The molecule has 2 heterocycles. The van der Waals surface area contributed by atoms with Crippen molar-refractivity contribution in [1.29, 1.82) is 0 Å². The van der Waals surface area contributed by atoms with Crippen molar-refractivity contribution in [2.24, 2.45) is 0 Å². The van der Waals surface area contributed by atoms with Crippen molar-refractivity contribution >= 4 is 39.9 Å². The largest absolute Gasteiger partial charge is 0.375 e. The molecule has 1 aliphatic heterocycles. The molecule has 0 fully saturated rings. The molecule has 0 bridgehead atoms. The van der Waals surface area contributed by atoms with E-state index in [1.165, 1.54) is 19.2 Å². The maximum Gasteiger partial charge on any atom is 0.275 e. The first-order valence-electron chi connectivity index (χ1n) is 5.96. The number of anilines is 2. The second-order valence-electron chi connectivity index (χ2n) is 4.45. The summed E-state index contributed by atoms with van der Waals surface area (Å²) >= 11 is 1.16. The fourth-order valence-electron chi connectivity index (χ4n) is 2.03. The lowest BCUT2D eigenvalue weighted by atomic mass is 10.1. The number of rotatable bonds is 2. The molecule has 3 N–H and O–H groups in total. The van der Waals surface area contributed by atoms with Gasteiger partial charge >= 0.3 is 0 Å². The maximum absolute atomic E-state index is 12.0. The number of carbonyl (C=O) groups excluding carboxylic acids is 3. The molecule has 3 rings (SSSR count). The van der Waals surface area contributed by atoms with Gasteiger partial charge in [0, 0.05) is 18.1 Å². The molecule has 0 saturated carbocycles. The fourth-order valence-corrected chi connectivity index (χ4v) is 2.57. The third kappa shape index (κ3) is 2.15. The van der Waals surface area contributed by atoms with Crippen LogP contribution in [-0.4, -0.2) is 34.7 Å². The summed E-state index contributed by atoms with van der Waals surface area (Å²) in [6.07, 6.45) is 0. The number of thiazole rings is 1. The highest BCUT2D eigenvalue weighted by atomic mass is 32.1. The van der Waals surface area contributed by atoms with E-state index in [1.54, 1.807) is 11.4 Å². The lowest BCUT2D eigenvalue weighted by Gasteiger charge is -2.04. The number of nitrogens with zero attached hydrogens (tertiary/aromatic N) is 2. The Morgan fingerprint density at radius 3 is 2.67 bits per heavy atom. The van der Waals surface area contributed by atoms with Crippen LogP contribution < -0.4 is 11.1 Å². The van der Waals surface area contributed by atoms with E-state index in [-0.39, 0.29) is 23.1 Å². The Labute approximate surface area is 123 Å². The second kappa shape index (κ2) is 4.67. The van der Waals surface area contributed by atoms with Crippen molar-refractivity contribution < 1.29 is 14.4 Å². The Morgan fingerprint density at radius 1 is 1.29 bits per heavy atom. The minimum absolute atomic E-state index is 0.206. The van der Waals surface area contributed by atoms with E-state index in [4.69, 9.17) is 5.73 Å². The Balaban J connectivity index is 1.87. The molecule has 21 heavy (non-hydrogen) atoms. The highest BCUT2D eigenvalue weighted by molar-refractivity contribution is 7.13. The molecule has 0 spiro atoms. The van der Waals surface area contributed by atoms with Gasteiger partial charge in [-0.05, 0) is 18.2 Å². The number of fused-ring (bicyclic) bond motifs is 1. The Kier molecular flexibility index (Phi) is 2.95. The maximum atomic E-state index is 12.0. The first-order chi connectivity index (χ1) is 9.97. The number of amides is 3. The van der Waals surface area contributed by atoms with E-state index in [0.29, 0.717) is 16.4 Å². The van der Waals surface area contributed by atoms with Gasteiger partial charge in [0.2, 0.25) is 0 Å². The summed E-state index contributed by atoms with van der Waals surface area (Å²) in [6, 6.07) is 4.56. The molecule has 0 aliphatic carbocycles. The summed E-state index contributed by atoms with van der Waals surface area (Å²) in [6.45, 7) is 0. The minimum Gasteiger partial charge on any atom is -0.375 e. The molecule has 0 unspecified atom stereocenters. The number of hydrogen-bond donors (Lipinski definition) is 2. The predicted octanol–water partition coefficient (Wildman–Crippen LogP) is 1.20. The van der Waals surface area contributed by atoms with Gasteiger partial charge in [0.25, 0.3) is 17.7 Å². The summed E-state index contributed by atoms with van der Waals surface area (Å²) < 4.78 is 0. The monoisotopic (exact) mass is 302 g/mol. The lowest BCUT2D eigenvalue weighted by molar-refractivity contribution is 0.0692. The number of aromatic nitrogens is 1. The molecule has 106 valence electrons. The van der Waals surface area contributed by atoms with Crippen LogP contribution in [0.2, 0.25) is 0 Å². The number of benzene rings is 1. The summed E-state index contributed by atoms with van der Waals surface area (Å²) in [4.78, 5) is 40.5. The Hall–Kier alpha value is -2.74. The van der Waals surface area contributed by atoms with E-state index in [9.17, 15) is 14.4 Å². The van der Waals surface area contributed by atoms with Crippen molar-refractivity contribution in [3.8, 4) is 0 Å². The molecular weight excluding hydrogens is 292 g/mol. The quantitative estimate of drug-likeness (QED) is 0.811. The van der Waals surface area contributed by atoms with Gasteiger partial charge in [-0.25, -0.2) is 4.98 Å². The fraction of sp³-hybridized carbons (Fsp3) is 0.0769. The zero-order valence-corrected chi connectivity index (χ0v) is 11.7. The van der Waals surface area contributed by atoms with Crippen LogP contribution in [-0.2, 0) is 0 Å². The van der Waals surface area contributed by atoms with Gasteiger partial charge in [0.05, 0.1) is 11.1 Å². The third-order valence-electron chi connectivity index (χ3n) is 3.10. The molecule has 0 saturated heterocycles. The molecular formula is C13H10N4O3S. The van der Waals surface area contributed by atoms with Crippen LogP contribution in [0.1, 0.15) is 31.2 Å². The van der Waals surface area contributed by atoms with Gasteiger partial charge < -0.3 is 11.1 Å². The van der Waals surface area contributed by atoms with Crippen LogP contribution in [0.3, 0.4) is 0 Å². The van der Waals surface area contributed by atoms with Gasteiger partial charge in [-0.3, -0.25) is 19.3 Å². The number of carbonyl (C=O) groups is 3. The number of nitrogens with two attached hydrogens (primary N) is 1. The number of nitrogen functional groups attached to an aromatic ring is 1.